The quantitative estimate of drug-likeness (QED) is 0.670. The van der Waals surface area contributed by atoms with Crippen molar-refractivity contribution in [2.75, 3.05) is 5.75 Å². The van der Waals surface area contributed by atoms with E-state index >= 15 is 0 Å². The zero-order chi connectivity index (χ0) is 18.5. The van der Waals surface area contributed by atoms with Crippen LogP contribution in [0.15, 0.2) is 65.7 Å². The summed E-state index contributed by atoms with van der Waals surface area (Å²) in [6.45, 7) is 0. The van der Waals surface area contributed by atoms with E-state index in [0.29, 0.717) is 27.4 Å². The average molecular weight is 364 g/mol. The second-order valence-corrected chi connectivity index (χ2v) is 6.37. The molecule has 26 heavy (non-hydrogen) atoms. The van der Waals surface area contributed by atoms with Crippen LogP contribution in [0.1, 0.15) is 5.56 Å². The minimum absolute atomic E-state index is 0.206. The number of hydrogen-bond acceptors (Lipinski definition) is 4. The predicted octanol–water partition coefficient (Wildman–Crippen LogP) is 4.60. The molecule has 0 bridgehead atoms. The van der Waals surface area contributed by atoms with Crippen molar-refractivity contribution in [3.05, 3.63) is 72.0 Å². The third-order valence-corrected chi connectivity index (χ3v) is 4.62. The molecule has 0 saturated heterocycles. The molecule has 128 valence electrons. The minimum atomic E-state index is -0.992. The summed E-state index contributed by atoms with van der Waals surface area (Å²) in [4.78, 5) is 15.4. The highest BCUT2D eigenvalue weighted by molar-refractivity contribution is 7.99. The smallest absolute Gasteiger partial charge is 0.313 e. The van der Waals surface area contributed by atoms with E-state index in [2.05, 4.69) is 11.1 Å². The molecule has 0 saturated carbocycles. The van der Waals surface area contributed by atoms with Crippen LogP contribution >= 0.6 is 11.8 Å². The van der Waals surface area contributed by atoms with E-state index in [1.54, 1.807) is 18.2 Å². The van der Waals surface area contributed by atoms with Gasteiger partial charge in [0.25, 0.3) is 0 Å². The molecular formula is C20H13FN2O2S. The van der Waals surface area contributed by atoms with Crippen molar-refractivity contribution in [1.82, 2.24) is 4.98 Å². The third kappa shape index (κ3) is 3.90. The number of nitrogens with zero attached hydrogens (tertiary/aromatic N) is 2. The van der Waals surface area contributed by atoms with Crippen LogP contribution < -0.4 is 0 Å². The van der Waals surface area contributed by atoms with Gasteiger partial charge in [0.1, 0.15) is 16.9 Å². The van der Waals surface area contributed by atoms with Crippen molar-refractivity contribution in [2.24, 2.45) is 0 Å². The van der Waals surface area contributed by atoms with E-state index in [1.807, 2.05) is 30.3 Å². The van der Waals surface area contributed by atoms with Gasteiger partial charge in [-0.05, 0) is 35.9 Å². The van der Waals surface area contributed by atoms with Gasteiger partial charge in [0.2, 0.25) is 0 Å². The molecule has 0 fully saturated rings. The molecule has 6 heteroatoms. The average Bonchev–Trinajstić information content (AvgIpc) is 2.66. The van der Waals surface area contributed by atoms with Crippen LogP contribution in [0.3, 0.4) is 0 Å². The normalized spacial score (nSPS) is 10.3. The molecule has 1 heterocycles. The van der Waals surface area contributed by atoms with Crippen LogP contribution in [0, 0.1) is 17.1 Å². The van der Waals surface area contributed by atoms with Crippen molar-refractivity contribution < 1.29 is 14.3 Å². The van der Waals surface area contributed by atoms with Gasteiger partial charge in [-0.1, -0.05) is 42.1 Å². The fraction of sp³-hybridized carbons (Fsp3) is 0.0500. The number of carbonyl (C=O) groups is 1. The molecule has 1 aromatic heterocycles. The monoisotopic (exact) mass is 364 g/mol. The predicted molar refractivity (Wildman–Crippen MR) is 98.1 cm³/mol. The van der Waals surface area contributed by atoms with E-state index in [-0.39, 0.29) is 11.6 Å². The highest BCUT2D eigenvalue weighted by Gasteiger charge is 2.16. The van der Waals surface area contributed by atoms with Crippen molar-refractivity contribution in [3.8, 4) is 28.5 Å². The Bertz CT molecular complexity index is 983. The van der Waals surface area contributed by atoms with E-state index in [9.17, 15) is 14.4 Å². The number of rotatable bonds is 5. The fourth-order valence-electron chi connectivity index (χ4n) is 2.48. The highest BCUT2D eigenvalue weighted by atomic mass is 32.2. The van der Waals surface area contributed by atoms with Gasteiger partial charge in [-0.25, -0.2) is 9.37 Å². The first kappa shape index (κ1) is 17.6. The van der Waals surface area contributed by atoms with Crippen LogP contribution in [0.25, 0.3) is 22.4 Å². The van der Waals surface area contributed by atoms with Crippen molar-refractivity contribution in [3.63, 3.8) is 0 Å². The molecule has 0 aliphatic carbocycles. The standard InChI is InChI=1S/C20H13FN2O2S/c21-15-8-6-14(7-9-15)18-10-16(13-4-2-1-3-5-13)17(11-22)20(23-18)26-12-19(24)25/h1-10H,12H2,(H,24,25). The molecule has 0 aliphatic rings. The Hall–Kier alpha value is -3.17. The first-order chi connectivity index (χ1) is 12.6. The Morgan fingerprint density at radius 1 is 1.12 bits per heavy atom. The molecule has 0 aliphatic heterocycles. The number of thioether (sulfide) groups is 1. The summed E-state index contributed by atoms with van der Waals surface area (Å²) in [6, 6.07) is 19.1. The van der Waals surface area contributed by atoms with E-state index in [1.165, 1.54) is 12.1 Å². The summed E-state index contributed by atoms with van der Waals surface area (Å²) in [5, 5.41) is 18.9. The second kappa shape index (κ2) is 7.81. The largest absolute Gasteiger partial charge is 0.481 e. The summed E-state index contributed by atoms with van der Waals surface area (Å²) < 4.78 is 13.2. The van der Waals surface area contributed by atoms with E-state index < -0.39 is 5.97 Å². The molecule has 0 atom stereocenters. The Morgan fingerprint density at radius 2 is 1.81 bits per heavy atom. The van der Waals surface area contributed by atoms with Gasteiger partial charge >= 0.3 is 5.97 Å². The van der Waals surface area contributed by atoms with Gasteiger partial charge in [-0.3, -0.25) is 4.79 Å². The summed E-state index contributed by atoms with van der Waals surface area (Å²) >= 11 is 0.993. The van der Waals surface area contributed by atoms with Crippen LogP contribution in [-0.2, 0) is 4.79 Å². The SMILES string of the molecule is N#Cc1c(-c2ccccc2)cc(-c2ccc(F)cc2)nc1SCC(=O)O. The van der Waals surface area contributed by atoms with Crippen LogP contribution in [0.2, 0.25) is 0 Å². The molecule has 0 spiro atoms. The highest BCUT2D eigenvalue weighted by Crippen LogP contribution is 2.34. The van der Waals surface area contributed by atoms with Gasteiger partial charge in [0.15, 0.2) is 0 Å². The summed E-state index contributed by atoms with van der Waals surface area (Å²) in [7, 11) is 0. The number of hydrogen-bond donors (Lipinski definition) is 1. The van der Waals surface area contributed by atoms with Crippen LogP contribution in [0.4, 0.5) is 4.39 Å². The number of benzene rings is 2. The Kier molecular flexibility index (Phi) is 5.30. The summed E-state index contributed by atoms with van der Waals surface area (Å²) in [5.74, 6) is -1.55. The molecule has 0 unspecified atom stereocenters. The summed E-state index contributed by atoms with van der Waals surface area (Å²) in [5.41, 5.74) is 3.05. The Balaban J connectivity index is 2.19. The third-order valence-electron chi connectivity index (χ3n) is 3.66. The lowest BCUT2D eigenvalue weighted by Gasteiger charge is -2.12. The molecule has 0 radical (unpaired) electrons. The van der Waals surface area contributed by atoms with E-state index in [4.69, 9.17) is 5.11 Å². The van der Waals surface area contributed by atoms with Gasteiger partial charge in [-0.2, -0.15) is 5.26 Å². The van der Waals surface area contributed by atoms with Gasteiger partial charge in [0.05, 0.1) is 17.0 Å². The first-order valence-electron chi connectivity index (χ1n) is 7.69. The second-order valence-electron chi connectivity index (χ2n) is 5.40. The van der Waals surface area contributed by atoms with Crippen molar-refractivity contribution >= 4 is 17.7 Å². The number of carboxylic acid groups (broad SMARTS) is 1. The zero-order valence-corrected chi connectivity index (χ0v) is 14.3. The van der Waals surface area contributed by atoms with Crippen LogP contribution in [0.5, 0.6) is 0 Å². The maximum Gasteiger partial charge on any atom is 0.313 e. The van der Waals surface area contributed by atoms with E-state index in [0.717, 1.165) is 17.3 Å². The number of aliphatic carboxylic acids is 1. The maximum atomic E-state index is 13.2. The van der Waals surface area contributed by atoms with Gasteiger partial charge in [-0.15, -0.1) is 0 Å². The van der Waals surface area contributed by atoms with Gasteiger partial charge < -0.3 is 5.11 Å². The molecule has 4 nitrogen and oxygen atoms in total. The number of pyridine rings is 1. The van der Waals surface area contributed by atoms with Crippen molar-refractivity contribution in [2.45, 2.75) is 5.03 Å². The lowest BCUT2D eigenvalue weighted by molar-refractivity contribution is -0.133. The van der Waals surface area contributed by atoms with Crippen molar-refractivity contribution in [1.29, 1.82) is 5.26 Å². The number of carboxylic acids is 1. The Morgan fingerprint density at radius 3 is 2.42 bits per heavy atom. The molecule has 3 aromatic rings. The van der Waals surface area contributed by atoms with Crippen LogP contribution in [-0.4, -0.2) is 21.8 Å². The first-order valence-corrected chi connectivity index (χ1v) is 8.68. The topological polar surface area (TPSA) is 74.0 Å². The lowest BCUT2D eigenvalue weighted by Crippen LogP contribution is -2.01. The zero-order valence-electron chi connectivity index (χ0n) is 13.5. The number of nitriles is 1. The number of aromatic nitrogens is 1. The maximum absolute atomic E-state index is 13.2. The molecule has 3 rings (SSSR count). The fourth-order valence-corrected chi connectivity index (χ4v) is 3.20. The summed E-state index contributed by atoms with van der Waals surface area (Å²) in [6.07, 6.45) is 0. The molecule has 0 amide bonds. The van der Waals surface area contributed by atoms with Gasteiger partial charge in [0, 0.05) is 11.1 Å². The lowest BCUT2D eigenvalue weighted by atomic mass is 9.99. The minimum Gasteiger partial charge on any atom is -0.481 e. The Labute approximate surface area is 153 Å². The molecular weight excluding hydrogens is 351 g/mol. The number of halogens is 1. The molecule has 2 aromatic carbocycles. The molecule has 1 N–H and O–H groups in total.